The standard InChI is InChI=1S/C40H72F2N3O8P/c1-4-7-10-13-16-19-22-25-28-36(46)53-37-34(52-38(40(37,41)42)45-30-29-35(43)44-39(45)47)33-51-54(48,49-31-26-23-20-17-14-11-8-5-2)50-32-27-24-21-18-15-12-9-6-3/h29-30,34,37-38H,4-28,31-33H2,1-3H3,(H2,43,44,47)/t34-,37?,38-/m1/s1. The van der Waals surface area contributed by atoms with E-state index >= 15 is 8.78 Å². The first-order valence-electron chi connectivity index (χ1n) is 21.2. The smallest absolute Gasteiger partial charge is 0.453 e. The summed E-state index contributed by atoms with van der Waals surface area (Å²) < 4.78 is 74.8. The van der Waals surface area contributed by atoms with Crippen molar-refractivity contribution in [1.29, 1.82) is 0 Å². The van der Waals surface area contributed by atoms with E-state index in [4.69, 9.17) is 28.8 Å². The summed E-state index contributed by atoms with van der Waals surface area (Å²) in [5.74, 6) is -4.83. The number of halogens is 2. The van der Waals surface area contributed by atoms with Crippen molar-refractivity contribution in [3.63, 3.8) is 0 Å². The van der Waals surface area contributed by atoms with Crippen LogP contribution in [0, 0.1) is 0 Å². The highest BCUT2D eigenvalue weighted by Gasteiger charge is 2.63. The third-order valence-corrected chi connectivity index (χ3v) is 11.3. The number of unbranched alkanes of at least 4 members (excludes halogenated alkanes) is 21. The van der Waals surface area contributed by atoms with Crippen LogP contribution in [0.15, 0.2) is 17.1 Å². The molecule has 0 amide bonds. The SMILES string of the molecule is CCCCCCCCCCOP(=O)(OCCCCCCCCCC)OC[C@H]1O[C@@H](n2ccc(N)nc2=O)C(F)(F)C1OC(=O)CCCCCCCCCC. The van der Waals surface area contributed by atoms with Crippen molar-refractivity contribution < 1.29 is 41.2 Å². The molecule has 1 aliphatic heterocycles. The van der Waals surface area contributed by atoms with Crippen molar-refractivity contribution in [2.45, 2.75) is 206 Å². The second kappa shape index (κ2) is 28.5. The molecule has 0 aromatic carbocycles. The lowest BCUT2D eigenvalue weighted by Gasteiger charge is -2.25. The molecule has 0 radical (unpaired) electrons. The van der Waals surface area contributed by atoms with Gasteiger partial charge in [-0.15, -0.1) is 0 Å². The third kappa shape index (κ3) is 19.3. The van der Waals surface area contributed by atoms with Crippen molar-refractivity contribution in [1.82, 2.24) is 9.55 Å². The van der Waals surface area contributed by atoms with Crippen LogP contribution in [0.4, 0.5) is 14.6 Å². The summed E-state index contributed by atoms with van der Waals surface area (Å²) in [6.45, 7) is 6.05. The van der Waals surface area contributed by atoms with Crippen molar-refractivity contribution in [2.24, 2.45) is 0 Å². The maximum Gasteiger partial charge on any atom is 0.474 e. The van der Waals surface area contributed by atoms with E-state index in [1.165, 1.54) is 70.3 Å². The number of nitrogen functional groups attached to an aromatic ring is 1. The highest BCUT2D eigenvalue weighted by atomic mass is 31.2. The average Bonchev–Trinajstić information content (AvgIpc) is 3.38. The van der Waals surface area contributed by atoms with Gasteiger partial charge in [-0.25, -0.2) is 9.36 Å². The zero-order valence-corrected chi connectivity index (χ0v) is 34.5. The molecular formula is C40H72F2N3O8P. The number of aromatic nitrogens is 2. The predicted molar refractivity (Wildman–Crippen MR) is 210 cm³/mol. The molecule has 1 saturated heterocycles. The number of nitrogens with two attached hydrogens (primary N) is 1. The van der Waals surface area contributed by atoms with Crippen LogP contribution < -0.4 is 11.4 Å². The lowest BCUT2D eigenvalue weighted by Crippen LogP contribution is -2.44. The van der Waals surface area contributed by atoms with Gasteiger partial charge in [-0.05, 0) is 25.3 Å². The lowest BCUT2D eigenvalue weighted by molar-refractivity contribution is -0.176. The first-order valence-corrected chi connectivity index (χ1v) is 22.6. The highest BCUT2D eigenvalue weighted by Crippen LogP contribution is 2.52. The van der Waals surface area contributed by atoms with E-state index in [-0.39, 0.29) is 25.5 Å². The second-order valence-corrected chi connectivity index (χ2v) is 16.4. The number of phosphoric ester groups is 1. The Hall–Kier alpha value is -1.92. The lowest BCUT2D eigenvalue weighted by atomic mass is 10.1. The Morgan fingerprint density at radius 2 is 1.20 bits per heavy atom. The molecule has 2 heterocycles. The normalized spacial score (nSPS) is 18.4. The van der Waals surface area contributed by atoms with E-state index in [1.807, 2.05) is 0 Å². The molecule has 1 aliphatic rings. The number of carbonyl (C=O) groups is 1. The van der Waals surface area contributed by atoms with Gasteiger partial charge in [0.2, 0.25) is 6.23 Å². The van der Waals surface area contributed by atoms with Gasteiger partial charge in [0.15, 0.2) is 6.10 Å². The number of ether oxygens (including phenoxy) is 2. The van der Waals surface area contributed by atoms with Crippen molar-refractivity contribution in [3.8, 4) is 0 Å². The van der Waals surface area contributed by atoms with Crippen molar-refractivity contribution >= 4 is 19.6 Å². The molecule has 0 saturated carbocycles. The van der Waals surface area contributed by atoms with E-state index in [0.717, 1.165) is 76.8 Å². The summed E-state index contributed by atoms with van der Waals surface area (Å²) in [6.07, 6.45) is 19.9. The highest BCUT2D eigenvalue weighted by molar-refractivity contribution is 7.48. The van der Waals surface area contributed by atoms with Gasteiger partial charge in [0, 0.05) is 12.6 Å². The Morgan fingerprint density at radius 3 is 1.67 bits per heavy atom. The van der Waals surface area contributed by atoms with Gasteiger partial charge in [-0.3, -0.25) is 22.9 Å². The fourth-order valence-corrected chi connectivity index (χ4v) is 7.82. The predicted octanol–water partition coefficient (Wildman–Crippen LogP) is 11.2. The number of hydrogen-bond acceptors (Lipinski definition) is 10. The van der Waals surface area contributed by atoms with Crippen LogP contribution in [0.25, 0.3) is 0 Å². The van der Waals surface area contributed by atoms with Crippen molar-refractivity contribution in [3.05, 3.63) is 22.7 Å². The summed E-state index contributed by atoms with van der Waals surface area (Å²) in [5, 5.41) is 0. The summed E-state index contributed by atoms with van der Waals surface area (Å²) in [7, 11) is -4.22. The Morgan fingerprint density at radius 1 is 0.759 bits per heavy atom. The van der Waals surface area contributed by atoms with Crippen LogP contribution in [-0.4, -0.2) is 53.5 Å². The quantitative estimate of drug-likeness (QED) is 0.0407. The minimum atomic E-state index is -4.22. The molecule has 0 aliphatic carbocycles. The summed E-state index contributed by atoms with van der Waals surface area (Å²) in [5.41, 5.74) is 4.53. The summed E-state index contributed by atoms with van der Waals surface area (Å²) in [6, 6.07) is 1.19. The molecule has 0 bridgehead atoms. The molecule has 2 N–H and O–H groups in total. The van der Waals surface area contributed by atoms with Gasteiger partial charge in [0.25, 0.3) is 0 Å². The maximum atomic E-state index is 16.1. The molecule has 54 heavy (non-hydrogen) atoms. The molecule has 1 fully saturated rings. The Kier molecular flexibility index (Phi) is 25.4. The molecular weight excluding hydrogens is 719 g/mol. The largest absolute Gasteiger partial charge is 0.474 e. The fraction of sp³-hybridized carbons (Fsp3) is 0.875. The Balaban J connectivity index is 2.09. The monoisotopic (exact) mass is 792 g/mol. The molecule has 314 valence electrons. The second-order valence-electron chi connectivity index (χ2n) is 14.7. The van der Waals surface area contributed by atoms with Gasteiger partial charge in [0.05, 0.1) is 19.8 Å². The van der Waals surface area contributed by atoms with Gasteiger partial charge in [-0.2, -0.15) is 13.8 Å². The van der Waals surface area contributed by atoms with E-state index in [9.17, 15) is 14.2 Å². The van der Waals surface area contributed by atoms with E-state index in [1.54, 1.807) is 0 Å². The molecule has 11 nitrogen and oxygen atoms in total. The minimum Gasteiger partial charge on any atom is -0.453 e. The number of alkyl halides is 2. The van der Waals surface area contributed by atoms with E-state index in [2.05, 4.69) is 25.8 Å². The van der Waals surface area contributed by atoms with E-state index < -0.39 is 50.4 Å². The summed E-state index contributed by atoms with van der Waals surface area (Å²) >= 11 is 0. The number of rotatable bonds is 34. The number of phosphoric acid groups is 1. The molecule has 0 spiro atoms. The third-order valence-electron chi connectivity index (χ3n) is 9.84. The Labute approximate surface area is 323 Å². The number of nitrogens with zero attached hydrogens (tertiary/aromatic N) is 2. The van der Waals surface area contributed by atoms with Crippen molar-refractivity contribution in [2.75, 3.05) is 25.6 Å². The topological polar surface area (TPSA) is 141 Å². The first kappa shape index (κ1) is 48.2. The molecule has 14 heteroatoms. The average molecular weight is 792 g/mol. The fourth-order valence-electron chi connectivity index (χ4n) is 6.56. The van der Waals surface area contributed by atoms with Crippen LogP contribution in [-0.2, 0) is 32.4 Å². The number of carbonyl (C=O) groups excluding carboxylic acids is 1. The van der Waals surface area contributed by atoms with Crippen LogP contribution in [0.2, 0.25) is 0 Å². The number of anilines is 1. The van der Waals surface area contributed by atoms with Gasteiger partial charge < -0.3 is 15.2 Å². The minimum absolute atomic E-state index is 0.0505. The summed E-state index contributed by atoms with van der Waals surface area (Å²) in [4.78, 5) is 29.1. The molecule has 2 rings (SSSR count). The molecule has 1 aromatic rings. The van der Waals surface area contributed by atoms with E-state index in [0.29, 0.717) is 23.8 Å². The number of hydrogen-bond donors (Lipinski definition) is 1. The van der Waals surface area contributed by atoms with Crippen LogP contribution in [0.1, 0.15) is 188 Å². The van der Waals surface area contributed by atoms with Crippen LogP contribution in [0.3, 0.4) is 0 Å². The van der Waals surface area contributed by atoms with Gasteiger partial charge in [0.1, 0.15) is 11.9 Å². The molecule has 3 atom stereocenters. The Bertz CT molecular complexity index is 1210. The zero-order valence-electron chi connectivity index (χ0n) is 33.6. The number of esters is 1. The molecule has 1 aromatic heterocycles. The van der Waals surface area contributed by atoms with Crippen LogP contribution in [0.5, 0.6) is 0 Å². The van der Waals surface area contributed by atoms with Gasteiger partial charge >= 0.3 is 25.4 Å². The molecule has 1 unspecified atom stereocenters. The van der Waals surface area contributed by atoms with Gasteiger partial charge in [-0.1, -0.05) is 156 Å². The zero-order chi connectivity index (χ0) is 39.5. The first-order chi connectivity index (χ1) is 26.1. The maximum absolute atomic E-state index is 16.1. The van der Waals surface area contributed by atoms with Crippen LogP contribution >= 0.6 is 7.82 Å².